The second-order valence-corrected chi connectivity index (χ2v) is 9.99. The van der Waals surface area contributed by atoms with Gasteiger partial charge in [0.25, 0.3) is 0 Å². The number of nitrogens with zero attached hydrogens (tertiary/aromatic N) is 1. The van der Waals surface area contributed by atoms with E-state index in [0.717, 1.165) is 21.8 Å². The van der Waals surface area contributed by atoms with E-state index in [-0.39, 0.29) is 42.3 Å². The molecule has 0 unspecified atom stereocenters. The number of carbonyl (C=O) groups excluding carboxylic acids is 2. The molecule has 3 aromatic rings. The van der Waals surface area contributed by atoms with Gasteiger partial charge in [-0.1, -0.05) is 45.9 Å². The van der Waals surface area contributed by atoms with E-state index in [4.69, 9.17) is 0 Å². The summed E-state index contributed by atoms with van der Waals surface area (Å²) < 4.78 is 15.8. The van der Waals surface area contributed by atoms with Crippen LogP contribution in [0.1, 0.15) is 47.0 Å². The van der Waals surface area contributed by atoms with Crippen molar-refractivity contribution in [2.75, 3.05) is 0 Å². The van der Waals surface area contributed by atoms with Gasteiger partial charge in [0.2, 0.25) is 5.91 Å². The maximum Gasteiger partial charge on any atom is 0.475 e. The molecule has 0 aliphatic heterocycles. The van der Waals surface area contributed by atoms with Crippen molar-refractivity contribution < 1.29 is 24.0 Å². The summed E-state index contributed by atoms with van der Waals surface area (Å²) >= 11 is 0. The molecule has 0 saturated heterocycles. The van der Waals surface area contributed by atoms with Crippen molar-refractivity contribution >= 4 is 40.6 Å². The Kier molecular flexibility index (Phi) is 8.49. The zero-order valence-corrected chi connectivity index (χ0v) is 20.3. The average molecular weight is 468 g/mol. The fraction of sp³-hybridized carbons (Fsp3) is 0.462. The molecule has 0 radical (unpaired) electrons. The topological polar surface area (TPSA) is 91.6 Å². The quantitative estimate of drug-likeness (QED) is 0.370. The Labute approximate surface area is 200 Å². The molecule has 8 heteroatoms. The molecule has 2 aromatic carbocycles. The molecule has 0 fully saturated rings. The third-order valence-corrected chi connectivity index (χ3v) is 6.08. The molecule has 34 heavy (non-hydrogen) atoms. The lowest BCUT2D eigenvalue weighted by molar-refractivity contribution is -0.130. The normalized spacial score (nSPS) is 13.6. The number of ketones is 1. The number of benzene rings is 2. The third-order valence-electron chi connectivity index (χ3n) is 6.08. The molecule has 6 nitrogen and oxygen atoms in total. The van der Waals surface area contributed by atoms with Crippen LogP contribution in [0.25, 0.3) is 21.8 Å². The van der Waals surface area contributed by atoms with Gasteiger partial charge in [-0.2, -0.15) is 0 Å². The molecule has 3 rings (SSSR count). The summed E-state index contributed by atoms with van der Waals surface area (Å²) in [5.74, 6) is -1.81. The minimum Gasteiger partial charge on any atom is -0.426 e. The second kappa shape index (κ2) is 11.1. The maximum absolute atomic E-state index is 13.9. The Morgan fingerprint density at radius 2 is 1.62 bits per heavy atom. The lowest BCUT2D eigenvalue weighted by Gasteiger charge is -2.24. The van der Waals surface area contributed by atoms with Crippen LogP contribution in [0, 0.1) is 23.6 Å². The average Bonchev–Trinajstić information content (AvgIpc) is 3.05. The van der Waals surface area contributed by atoms with Crippen LogP contribution in [0.2, 0.25) is 0 Å². The zero-order valence-electron chi connectivity index (χ0n) is 20.3. The van der Waals surface area contributed by atoms with Crippen molar-refractivity contribution in [2.24, 2.45) is 17.8 Å². The number of Topliss-reactive ketones (excluding diaryl/α,β-unsaturated/α-hetero) is 1. The molecule has 3 N–H and O–H groups in total. The van der Waals surface area contributed by atoms with E-state index in [1.165, 1.54) is 12.1 Å². The lowest BCUT2D eigenvalue weighted by atomic mass is 9.74. The van der Waals surface area contributed by atoms with Crippen molar-refractivity contribution in [1.82, 2.24) is 9.88 Å². The summed E-state index contributed by atoms with van der Waals surface area (Å²) in [6.45, 7) is 7.91. The number of aromatic nitrogens is 1. The summed E-state index contributed by atoms with van der Waals surface area (Å²) in [5.41, 5.74) is 1.60. The number of nitrogens with one attached hydrogen (secondary N) is 1. The first-order chi connectivity index (χ1) is 16.1. The van der Waals surface area contributed by atoms with Crippen molar-refractivity contribution in [3.05, 3.63) is 48.3 Å². The fourth-order valence-electron chi connectivity index (χ4n) is 4.63. The predicted molar refractivity (Wildman–Crippen MR) is 134 cm³/mol. The standard InChI is InChI=1S/C26H34BFN2O4/c1-16(2)11-18(26(32)29-25(27(33)34)12-17(3)4)13-20(31)15-30-23-8-6-5-7-21(23)22-14-19(28)9-10-24(22)30/h5-10,14,16-18,25,33-34H,11-13,15H2,1-4H3,(H,29,32)/t18-,25+/m1/s1. The Balaban J connectivity index is 1.82. The Morgan fingerprint density at radius 3 is 2.26 bits per heavy atom. The largest absolute Gasteiger partial charge is 0.475 e. The minimum absolute atomic E-state index is 0.0368. The number of halogens is 1. The van der Waals surface area contributed by atoms with Crippen LogP contribution in [0.4, 0.5) is 4.39 Å². The van der Waals surface area contributed by atoms with E-state index in [1.807, 2.05) is 56.5 Å². The Morgan fingerprint density at radius 1 is 0.971 bits per heavy atom. The van der Waals surface area contributed by atoms with Crippen molar-refractivity contribution in [3.8, 4) is 0 Å². The molecule has 1 aromatic heterocycles. The molecule has 0 aliphatic carbocycles. The minimum atomic E-state index is -1.67. The molecule has 1 amide bonds. The SMILES string of the molecule is CC(C)C[C@H](CC(=O)Cn1c2ccccc2c2cc(F)ccc21)C(=O)N[C@@H](CC(C)C)B(O)O. The fourth-order valence-corrected chi connectivity index (χ4v) is 4.63. The molecule has 0 spiro atoms. The first kappa shape index (κ1) is 25.9. The van der Waals surface area contributed by atoms with Crippen LogP contribution < -0.4 is 5.32 Å². The van der Waals surface area contributed by atoms with Gasteiger partial charge < -0.3 is 19.9 Å². The van der Waals surface area contributed by atoms with Gasteiger partial charge in [-0.25, -0.2) is 4.39 Å². The van der Waals surface area contributed by atoms with E-state index in [9.17, 15) is 24.0 Å². The second-order valence-electron chi connectivity index (χ2n) is 9.99. The van der Waals surface area contributed by atoms with Crippen molar-refractivity contribution in [2.45, 2.75) is 59.4 Å². The van der Waals surface area contributed by atoms with Crippen LogP contribution in [-0.2, 0) is 16.1 Å². The van der Waals surface area contributed by atoms with E-state index in [2.05, 4.69) is 5.32 Å². The number of fused-ring (bicyclic) bond motifs is 3. The number of carbonyl (C=O) groups is 2. The first-order valence-electron chi connectivity index (χ1n) is 11.9. The smallest absolute Gasteiger partial charge is 0.426 e. The van der Waals surface area contributed by atoms with E-state index in [1.54, 1.807) is 6.07 Å². The van der Waals surface area contributed by atoms with Gasteiger partial charge in [-0.15, -0.1) is 0 Å². The first-order valence-corrected chi connectivity index (χ1v) is 11.9. The highest BCUT2D eigenvalue weighted by atomic mass is 19.1. The molecule has 182 valence electrons. The summed E-state index contributed by atoms with van der Waals surface area (Å²) in [6, 6.07) is 12.1. The van der Waals surface area contributed by atoms with Crippen LogP contribution >= 0.6 is 0 Å². The third kappa shape index (κ3) is 6.24. The summed E-state index contributed by atoms with van der Waals surface area (Å²) in [7, 11) is -1.67. The monoisotopic (exact) mass is 468 g/mol. The van der Waals surface area contributed by atoms with Crippen LogP contribution in [0.3, 0.4) is 0 Å². The van der Waals surface area contributed by atoms with E-state index in [0.29, 0.717) is 12.8 Å². The Hall–Kier alpha value is -2.71. The van der Waals surface area contributed by atoms with Crippen LogP contribution in [0.5, 0.6) is 0 Å². The highest BCUT2D eigenvalue weighted by Crippen LogP contribution is 2.30. The molecule has 0 aliphatic rings. The van der Waals surface area contributed by atoms with Gasteiger partial charge in [0.1, 0.15) is 5.82 Å². The molecule has 1 heterocycles. The number of rotatable bonds is 11. The van der Waals surface area contributed by atoms with Gasteiger partial charge in [0.05, 0.1) is 12.5 Å². The summed E-state index contributed by atoms with van der Waals surface area (Å²) in [4.78, 5) is 26.2. The highest BCUT2D eigenvalue weighted by Gasteiger charge is 2.30. The lowest BCUT2D eigenvalue weighted by Crippen LogP contribution is -2.49. The van der Waals surface area contributed by atoms with Crippen molar-refractivity contribution in [3.63, 3.8) is 0 Å². The predicted octanol–water partition coefficient (Wildman–Crippen LogP) is 4.10. The number of amides is 1. The zero-order chi connectivity index (χ0) is 25.0. The molecular weight excluding hydrogens is 434 g/mol. The van der Waals surface area contributed by atoms with E-state index >= 15 is 0 Å². The van der Waals surface area contributed by atoms with Gasteiger partial charge in [0, 0.05) is 34.1 Å². The van der Waals surface area contributed by atoms with Gasteiger partial charge in [-0.05, 0) is 48.9 Å². The van der Waals surface area contributed by atoms with Gasteiger partial charge in [0.15, 0.2) is 5.78 Å². The molecule has 2 atom stereocenters. The van der Waals surface area contributed by atoms with Gasteiger partial charge >= 0.3 is 7.12 Å². The number of para-hydroxylation sites is 1. The molecular formula is C26H34BFN2O4. The van der Waals surface area contributed by atoms with Crippen LogP contribution in [0.15, 0.2) is 42.5 Å². The summed E-state index contributed by atoms with van der Waals surface area (Å²) in [5, 5.41) is 23.7. The molecule has 0 bridgehead atoms. The van der Waals surface area contributed by atoms with Gasteiger partial charge in [-0.3, -0.25) is 9.59 Å². The Bertz CT molecular complexity index is 1160. The highest BCUT2D eigenvalue weighted by molar-refractivity contribution is 6.43. The summed E-state index contributed by atoms with van der Waals surface area (Å²) in [6.07, 6.45) is 0.963. The van der Waals surface area contributed by atoms with E-state index < -0.39 is 19.0 Å². The van der Waals surface area contributed by atoms with Crippen LogP contribution in [-0.4, -0.2) is 39.4 Å². The molecule has 0 saturated carbocycles. The number of hydrogen-bond donors (Lipinski definition) is 3. The number of hydrogen-bond acceptors (Lipinski definition) is 4. The van der Waals surface area contributed by atoms with Crippen molar-refractivity contribution in [1.29, 1.82) is 0 Å². The maximum atomic E-state index is 13.9.